The van der Waals surface area contributed by atoms with Gasteiger partial charge in [0.2, 0.25) is 5.88 Å². The molecule has 0 saturated carbocycles. The third-order valence-electron chi connectivity index (χ3n) is 2.03. The van der Waals surface area contributed by atoms with Gasteiger partial charge in [-0.25, -0.2) is 0 Å². The van der Waals surface area contributed by atoms with E-state index < -0.39 is 5.56 Å². The Hall–Kier alpha value is -0.790. The number of benzene rings is 1. The zero-order chi connectivity index (χ0) is 12.6. The van der Waals surface area contributed by atoms with Gasteiger partial charge in [-0.05, 0) is 40.8 Å². The summed E-state index contributed by atoms with van der Waals surface area (Å²) in [6, 6.07) is 4.78. The van der Waals surface area contributed by atoms with Crippen LogP contribution >= 0.6 is 45.8 Å². The fourth-order valence-electron chi connectivity index (χ4n) is 1.25. The Morgan fingerprint density at radius 3 is 2.71 bits per heavy atom. The molecule has 0 unspecified atom stereocenters. The minimum Gasteiger partial charge on any atom is -0.492 e. The fraction of sp³-hybridized carbons (Fsp3) is 0. The predicted octanol–water partition coefficient (Wildman–Crippen LogP) is 3.05. The summed E-state index contributed by atoms with van der Waals surface area (Å²) in [7, 11) is 0. The highest BCUT2D eigenvalue weighted by Crippen LogP contribution is 2.28. The lowest BCUT2D eigenvalue weighted by Crippen LogP contribution is -2.12. The molecule has 0 fully saturated rings. The number of halogens is 3. The second kappa shape index (κ2) is 4.83. The Labute approximate surface area is 120 Å². The van der Waals surface area contributed by atoms with Gasteiger partial charge in [0.25, 0.3) is 5.56 Å². The topological polar surface area (TPSA) is 66.0 Å². The van der Waals surface area contributed by atoms with Crippen LogP contribution in [0.1, 0.15) is 0 Å². The van der Waals surface area contributed by atoms with E-state index in [9.17, 15) is 9.90 Å². The first kappa shape index (κ1) is 12.7. The van der Waals surface area contributed by atoms with Gasteiger partial charge in [-0.3, -0.25) is 4.79 Å². The van der Waals surface area contributed by atoms with Crippen molar-refractivity contribution in [2.45, 2.75) is 0 Å². The van der Waals surface area contributed by atoms with Crippen LogP contribution in [0.2, 0.25) is 10.0 Å². The van der Waals surface area contributed by atoms with Gasteiger partial charge in [-0.1, -0.05) is 23.2 Å². The first-order chi connectivity index (χ1) is 7.99. The minimum absolute atomic E-state index is 0.129. The molecule has 2 rings (SSSR count). The van der Waals surface area contributed by atoms with Gasteiger partial charge in [0.05, 0.1) is 5.02 Å². The maximum atomic E-state index is 11.5. The van der Waals surface area contributed by atoms with E-state index in [-0.39, 0.29) is 15.3 Å². The van der Waals surface area contributed by atoms with Crippen molar-refractivity contribution < 1.29 is 5.11 Å². The summed E-state index contributed by atoms with van der Waals surface area (Å²) in [5, 5.41) is 10.3. The Balaban J connectivity index is 2.69. The van der Waals surface area contributed by atoms with E-state index in [1.807, 2.05) is 0 Å². The highest BCUT2D eigenvalue weighted by molar-refractivity contribution is 14.1. The number of nitrogens with zero attached hydrogens (tertiary/aromatic N) is 1. The molecule has 4 nitrogen and oxygen atoms in total. The third kappa shape index (κ3) is 2.56. The summed E-state index contributed by atoms with van der Waals surface area (Å²) in [6.45, 7) is 0. The largest absolute Gasteiger partial charge is 0.492 e. The molecule has 0 atom stereocenters. The maximum absolute atomic E-state index is 11.5. The van der Waals surface area contributed by atoms with Crippen molar-refractivity contribution in [2.75, 3.05) is 0 Å². The minimum atomic E-state index is -0.427. The Morgan fingerprint density at radius 2 is 2.06 bits per heavy atom. The molecule has 0 aliphatic carbocycles. The number of hydrogen-bond donors (Lipinski definition) is 2. The average Bonchev–Trinajstić information content (AvgIpc) is 2.28. The van der Waals surface area contributed by atoms with E-state index in [1.165, 1.54) is 0 Å². The van der Waals surface area contributed by atoms with Crippen molar-refractivity contribution in [3.8, 4) is 17.3 Å². The number of hydrogen-bond acceptors (Lipinski definition) is 3. The Bertz CT molecular complexity index is 643. The smallest absolute Gasteiger partial charge is 0.268 e. The monoisotopic (exact) mass is 382 g/mol. The lowest BCUT2D eigenvalue weighted by molar-refractivity contribution is 0.447. The Morgan fingerprint density at radius 1 is 1.35 bits per heavy atom. The molecule has 0 spiro atoms. The van der Waals surface area contributed by atoms with Crippen LogP contribution in [-0.2, 0) is 0 Å². The van der Waals surface area contributed by atoms with Gasteiger partial charge in [-0.15, -0.1) is 0 Å². The lowest BCUT2D eigenvalue weighted by atomic mass is 10.2. The molecule has 1 aromatic carbocycles. The van der Waals surface area contributed by atoms with Gasteiger partial charge >= 0.3 is 0 Å². The molecule has 0 saturated heterocycles. The predicted molar refractivity (Wildman–Crippen MR) is 74.7 cm³/mol. The van der Waals surface area contributed by atoms with E-state index >= 15 is 0 Å². The standard InChI is InChI=1S/C10H5Cl2IN2O2/c11-4-1-2-6(12)5(3-4)8-14-9(16)7(13)10(17)15-8/h1-3H,(H2,14,15,16,17). The molecule has 2 aromatic rings. The highest BCUT2D eigenvalue weighted by atomic mass is 127. The van der Waals surface area contributed by atoms with Crippen LogP contribution in [0.4, 0.5) is 0 Å². The molecule has 2 N–H and O–H groups in total. The molecule has 0 aliphatic heterocycles. The van der Waals surface area contributed by atoms with Gasteiger partial charge in [0, 0.05) is 10.6 Å². The second-order valence-electron chi connectivity index (χ2n) is 3.18. The number of aromatic nitrogens is 2. The van der Waals surface area contributed by atoms with E-state index in [2.05, 4.69) is 9.97 Å². The van der Waals surface area contributed by atoms with Crippen molar-refractivity contribution >= 4 is 45.8 Å². The van der Waals surface area contributed by atoms with E-state index in [4.69, 9.17) is 23.2 Å². The molecule has 7 heteroatoms. The van der Waals surface area contributed by atoms with Crippen LogP contribution in [0.25, 0.3) is 11.4 Å². The molecule has 0 amide bonds. The molecule has 0 bridgehead atoms. The Kier molecular flexibility index (Phi) is 3.60. The van der Waals surface area contributed by atoms with Gasteiger partial charge < -0.3 is 10.1 Å². The summed E-state index contributed by atoms with van der Waals surface area (Å²) in [5.41, 5.74) is 0.0344. The van der Waals surface area contributed by atoms with Crippen molar-refractivity contribution in [1.82, 2.24) is 9.97 Å². The van der Waals surface area contributed by atoms with Gasteiger partial charge in [-0.2, -0.15) is 4.98 Å². The summed E-state index contributed by atoms with van der Waals surface area (Å²) in [6.07, 6.45) is 0. The highest BCUT2D eigenvalue weighted by Gasteiger charge is 2.12. The third-order valence-corrected chi connectivity index (χ3v) is 3.57. The number of aromatic amines is 1. The molecular weight excluding hydrogens is 378 g/mol. The van der Waals surface area contributed by atoms with Crippen LogP contribution in [0.15, 0.2) is 23.0 Å². The van der Waals surface area contributed by atoms with Crippen LogP contribution in [0.5, 0.6) is 5.88 Å². The number of H-pyrrole nitrogens is 1. The summed E-state index contributed by atoms with van der Waals surface area (Å²) < 4.78 is 0.129. The number of aromatic hydroxyl groups is 1. The van der Waals surface area contributed by atoms with Gasteiger partial charge in [0.15, 0.2) is 0 Å². The first-order valence-corrected chi connectivity index (χ1v) is 6.26. The zero-order valence-corrected chi connectivity index (χ0v) is 11.8. The summed E-state index contributed by atoms with van der Waals surface area (Å²) in [4.78, 5) is 17.9. The second-order valence-corrected chi connectivity index (χ2v) is 5.10. The quantitative estimate of drug-likeness (QED) is 0.745. The zero-order valence-electron chi connectivity index (χ0n) is 8.17. The maximum Gasteiger partial charge on any atom is 0.268 e. The fourth-order valence-corrected chi connectivity index (χ4v) is 1.89. The number of nitrogens with one attached hydrogen (secondary N) is 1. The van der Waals surface area contributed by atoms with Crippen LogP contribution in [0.3, 0.4) is 0 Å². The normalized spacial score (nSPS) is 10.5. The average molecular weight is 383 g/mol. The van der Waals surface area contributed by atoms with E-state index in [0.29, 0.717) is 15.6 Å². The molecule has 1 heterocycles. The number of rotatable bonds is 1. The molecule has 0 radical (unpaired) electrons. The van der Waals surface area contributed by atoms with Crippen LogP contribution in [0, 0.1) is 3.57 Å². The molecular formula is C10H5Cl2IN2O2. The molecule has 88 valence electrons. The van der Waals surface area contributed by atoms with Crippen molar-refractivity contribution in [1.29, 1.82) is 0 Å². The molecule has 0 aliphatic rings. The first-order valence-electron chi connectivity index (χ1n) is 4.43. The van der Waals surface area contributed by atoms with Crippen molar-refractivity contribution in [3.63, 3.8) is 0 Å². The lowest BCUT2D eigenvalue weighted by Gasteiger charge is -2.05. The van der Waals surface area contributed by atoms with Crippen molar-refractivity contribution in [2.24, 2.45) is 0 Å². The van der Waals surface area contributed by atoms with Crippen LogP contribution in [-0.4, -0.2) is 15.1 Å². The van der Waals surface area contributed by atoms with Gasteiger partial charge in [0.1, 0.15) is 9.39 Å². The van der Waals surface area contributed by atoms with Crippen LogP contribution < -0.4 is 5.56 Å². The SMILES string of the molecule is O=c1[nH]c(-c2cc(Cl)ccc2Cl)nc(O)c1I. The van der Waals surface area contributed by atoms with E-state index in [1.54, 1.807) is 40.8 Å². The van der Waals surface area contributed by atoms with Crippen molar-refractivity contribution in [3.05, 3.63) is 42.2 Å². The van der Waals surface area contributed by atoms with E-state index in [0.717, 1.165) is 0 Å². The summed E-state index contributed by atoms with van der Waals surface area (Å²) >= 11 is 13.5. The molecule has 17 heavy (non-hydrogen) atoms. The molecule has 1 aromatic heterocycles. The summed E-state index contributed by atoms with van der Waals surface area (Å²) in [5.74, 6) is -0.152.